The highest BCUT2D eigenvalue weighted by molar-refractivity contribution is 5.95. The van der Waals surface area contributed by atoms with Crippen LogP contribution in [0.15, 0.2) is 6.20 Å². The summed E-state index contributed by atoms with van der Waals surface area (Å²) in [5.41, 5.74) is -1.76. The van der Waals surface area contributed by atoms with E-state index < -0.39 is 23.3 Å². The Morgan fingerprint density at radius 3 is 2.54 bits per heavy atom. The largest absolute Gasteiger partial charge is 0.435 e. The topological polar surface area (TPSA) is 59.4 Å². The van der Waals surface area contributed by atoms with E-state index >= 15 is 0 Å². The number of carbonyl (C=O) groups excluding carboxylic acids is 1. The summed E-state index contributed by atoms with van der Waals surface area (Å²) in [6.07, 6.45) is 1.63. The number of amides is 1. The lowest BCUT2D eigenvalue weighted by atomic mass is 9.79. The van der Waals surface area contributed by atoms with E-state index in [1.165, 1.54) is 7.05 Å². The number of halogens is 3. The van der Waals surface area contributed by atoms with Crippen LogP contribution in [0.4, 0.5) is 13.2 Å². The minimum atomic E-state index is -4.65. The maximum atomic E-state index is 13.1. The highest BCUT2D eigenvalue weighted by Gasteiger charge is 2.41. The Bertz CT molecular complexity index is 632. The smallest absolute Gasteiger partial charge is 0.379 e. The molecule has 0 atom stereocenters. The molecule has 1 aliphatic carbocycles. The zero-order chi connectivity index (χ0) is 18.8. The van der Waals surface area contributed by atoms with Crippen LogP contribution in [-0.4, -0.2) is 59.0 Å². The molecule has 146 valence electrons. The van der Waals surface area contributed by atoms with Gasteiger partial charge in [-0.25, -0.2) is 0 Å². The maximum absolute atomic E-state index is 13.1. The molecule has 6 nitrogen and oxygen atoms in total. The molecule has 1 aromatic heterocycles. The van der Waals surface area contributed by atoms with E-state index in [1.807, 2.05) is 0 Å². The summed E-state index contributed by atoms with van der Waals surface area (Å²) in [5.74, 6) is -0.719. The van der Waals surface area contributed by atoms with Crippen molar-refractivity contribution in [3.63, 3.8) is 0 Å². The quantitative estimate of drug-likeness (QED) is 0.878. The van der Waals surface area contributed by atoms with Crippen molar-refractivity contribution >= 4 is 5.91 Å². The van der Waals surface area contributed by atoms with Crippen molar-refractivity contribution in [3.8, 4) is 0 Å². The Morgan fingerprint density at radius 2 is 1.92 bits per heavy atom. The van der Waals surface area contributed by atoms with Crippen LogP contribution in [0.3, 0.4) is 0 Å². The number of nitrogens with one attached hydrogen (secondary N) is 1. The van der Waals surface area contributed by atoms with E-state index in [0.717, 1.165) is 56.1 Å². The Kier molecular flexibility index (Phi) is 5.57. The number of aromatic nitrogens is 2. The second kappa shape index (κ2) is 7.56. The monoisotopic (exact) mass is 374 g/mol. The van der Waals surface area contributed by atoms with E-state index in [1.54, 1.807) is 0 Å². The van der Waals surface area contributed by atoms with Crippen LogP contribution >= 0.6 is 0 Å². The lowest BCUT2D eigenvalue weighted by Gasteiger charge is -2.48. The molecule has 1 N–H and O–H groups in total. The lowest BCUT2D eigenvalue weighted by molar-refractivity contribution is -0.141. The number of hydrogen-bond donors (Lipinski definition) is 1. The van der Waals surface area contributed by atoms with Gasteiger partial charge in [0.15, 0.2) is 5.69 Å². The van der Waals surface area contributed by atoms with Crippen molar-refractivity contribution < 1.29 is 22.7 Å². The number of ether oxygens (including phenoxy) is 1. The predicted molar refractivity (Wildman–Crippen MR) is 88.8 cm³/mol. The van der Waals surface area contributed by atoms with E-state index in [-0.39, 0.29) is 5.54 Å². The van der Waals surface area contributed by atoms with Gasteiger partial charge in [0.25, 0.3) is 5.91 Å². The summed E-state index contributed by atoms with van der Waals surface area (Å²) in [4.78, 5) is 14.8. The van der Waals surface area contributed by atoms with Gasteiger partial charge in [-0.15, -0.1) is 0 Å². The summed E-state index contributed by atoms with van der Waals surface area (Å²) >= 11 is 0. The molecule has 26 heavy (non-hydrogen) atoms. The van der Waals surface area contributed by atoms with Crippen molar-refractivity contribution in [2.45, 2.75) is 43.8 Å². The van der Waals surface area contributed by atoms with Crippen molar-refractivity contribution in [2.75, 3.05) is 32.8 Å². The highest BCUT2D eigenvalue weighted by atomic mass is 19.4. The third-order valence-electron chi connectivity index (χ3n) is 5.39. The Hall–Kier alpha value is -1.61. The third-order valence-corrected chi connectivity index (χ3v) is 5.39. The van der Waals surface area contributed by atoms with E-state index in [9.17, 15) is 18.0 Å². The van der Waals surface area contributed by atoms with Crippen molar-refractivity contribution in [1.29, 1.82) is 0 Å². The number of morpholine rings is 1. The Labute approximate surface area is 150 Å². The zero-order valence-corrected chi connectivity index (χ0v) is 14.9. The van der Waals surface area contributed by atoms with Gasteiger partial charge < -0.3 is 10.1 Å². The van der Waals surface area contributed by atoms with Gasteiger partial charge in [-0.05, 0) is 12.8 Å². The van der Waals surface area contributed by atoms with Gasteiger partial charge in [0.2, 0.25) is 0 Å². The van der Waals surface area contributed by atoms with Crippen LogP contribution in [0.5, 0.6) is 0 Å². The van der Waals surface area contributed by atoms with Crippen LogP contribution in [0.25, 0.3) is 0 Å². The standard InChI is InChI=1S/C17H25F3N4O2/c1-23-11-13(14(22-23)17(18,19)20)15(25)21-12-16(5-3-2-4-6-16)24-7-9-26-10-8-24/h11H,2-10,12H2,1H3,(H,21,25). The van der Waals surface area contributed by atoms with E-state index in [4.69, 9.17) is 4.74 Å². The molecule has 0 aromatic carbocycles. The molecule has 2 aliphatic rings. The molecule has 9 heteroatoms. The number of carbonyl (C=O) groups is 1. The van der Waals surface area contributed by atoms with E-state index in [2.05, 4.69) is 15.3 Å². The first-order chi connectivity index (χ1) is 12.3. The molecular weight excluding hydrogens is 349 g/mol. The van der Waals surface area contributed by atoms with Gasteiger partial charge in [-0.3, -0.25) is 14.4 Å². The molecule has 1 saturated heterocycles. The number of nitrogens with zero attached hydrogens (tertiary/aromatic N) is 3. The van der Waals surface area contributed by atoms with E-state index in [0.29, 0.717) is 19.8 Å². The Balaban J connectivity index is 1.74. The fourth-order valence-corrected chi connectivity index (χ4v) is 4.06. The fraction of sp³-hybridized carbons (Fsp3) is 0.765. The minimum Gasteiger partial charge on any atom is -0.379 e. The average molecular weight is 374 g/mol. The minimum absolute atomic E-state index is 0.196. The van der Waals surface area contributed by atoms with Crippen LogP contribution in [0.1, 0.15) is 48.2 Å². The van der Waals surface area contributed by atoms with Gasteiger partial charge >= 0.3 is 6.18 Å². The maximum Gasteiger partial charge on any atom is 0.435 e. The predicted octanol–water partition coefficient (Wildman–Crippen LogP) is 2.20. The fourth-order valence-electron chi connectivity index (χ4n) is 4.06. The van der Waals surface area contributed by atoms with Gasteiger partial charge in [-0.2, -0.15) is 18.3 Å². The number of rotatable bonds is 4. The first kappa shape index (κ1) is 19.2. The molecule has 0 spiro atoms. The lowest BCUT2D eigenvalue weighted by Crippen LogP contribution is -2.59. The highest BCUT2D eigenvalue weighted by Crippen LogP contribution is 2.34. The van der Waals surface area contributed by atoms with Crippen LogP contribution in [-0.2, 0) is 18.0 Å². The van der Waals surface area contributed by atoms with Gasteiger partial charge in [0, 0.05) is 38.4 Å². The summed E-state index contributed by atoms with van der Waals surface area (Å²) in [6.45, 7) is 3.22. The summed E-state index contributed by atoms with van der Waals surface area (Å²) in [7, 11) is 1.38. The molecule has 1 saturated carbocycles. The number of hydrogen-bond acceptors (Lipinski definition) is 4. The van der Waals surface area contributed by atoms with Gasteiger partial charge in [0.1, 0.15) is 0 Å². The van der Waals surface area contributed by atoms with Crippen LogP contribution in [0, 0.1) is 0 Å². The van der Waals surface area contributed by atoms with Crippen LogP contribution < -0.4 is 5.32 Å². The normalized spacial score (nSPS) is 21.5. The zero-order valence-electron chi connectivity index (χ0n) is 14.9. The summed E-state index contributed by atoms with van der Waals surface area (Å²) in [6, 6.07) is 0. The molecule has 3 rings (SSSR count). The second-order valence-corrected chi connectivity index (χ2v) is 7.13. The van der Waals surface area contributed by atoms with Crippen molar-refractivity contribution in [2.24, 2.45) is 7.05 Å². The summed E-state index contributed by atoms with van der Waals surface area (Å²) in [5, 5.41) is 6.17. The van der Waals surface area contributed by atoms with Gasteiger partial charge in [-0.1, -0.05) is 19.3 Å². The van der Waals surface area contributed by atoms with Crippen molar-refractivity contribution in [1.82, 2.24) is 20.0 Å². The second-order valence-electron chi connectivity index (χ2n) is 7.13. The molecule has 2 heterocycles. The first-order valence-corrected chi connectivity index (χ1v) is 9.04. The third kappa shape index (κ3) is 4.03. The molecule has 1 aromatic rings. The average Bonchev–Trinajstić information content (AvgIpc) is 3.04. The molecule has 0 unspecified atom stereocenters. The molecular formula is C17H25F3N4O2. The number of aryl methyl sites for hydroxylation is 1. The molecule has 1 aliphatic heterocycles. The SMILES string of the molecule is Cn1cc(C(=O)NCC2(N3CCOCC3)CCCCC2)c(C(F)(F)F)n1. The van der Waals surface area contributed by atoms with Gasteiger partial charge in [0.05, 0.1) is 18.8 Å². The molecule has 1 amide bonds. The molecule has 2 fully saturated rings. The first-order valence-electron chi connectivity index (χ1n) is 9.04. The van der Waals surface area contributed by atoms with Crippen molar-refractivity contribution in [3.05, 3.63) is 17.5 Å². The molecule has 0 bridgehead atoms. The Morgan fingerprint density at radius 1 is 1.27 bits per heavy atom. The number of alkyl halides is 3. The molecule has 0 radical (unpaired) electrons. The van der Waals surface area contributed by atoms with Crippen LogP contribution in [0.2, 0.25) is 0 Å². The summed E-state index contributed by atoms with van der Waals surface area (Å²) < 4.78 is 45.8.